The maximum Gasteiger partial charge on any atom is 0.426 e. The molecule has 1 aliphatic rings. The fourth-order valence-corrected chi connectivity index (χ4v) is 2.54. The zero-order chi connectivity index (χ0) is 17.3. The number of hydrogen-bond donors (Lipinski definition) is 1. The first-order valence-corrected chi connectivity index (χ1v) is 6.54. The Morgan fingerprint density at radius 2 is 1.55 bits per heavy atom. The Morgan fingerprint density at radius 3 is 1.95 bits per heavy atom. The molecule has 0 bridgehead atoms. The van der Waals surface area contributed by atoms with E-state index in [0.29, 0.717) is 6.42 Å². The molecule has 0 heterocycles. The van der Waals surface area contributed by atoms with Gasteiger partial charge >= 0.3 is 18.3 Å². The number of aliphatic hydroxyl groups is 1. The quantitative estimate of drug-likeness (QED) is 0.488. The first-order valence-electron chi connectivity index (χ1n) is 6.54. The number of carbonyl (C=O) groups excluding carboxylic acids is 1. The van der Waals surface area contributed by atoms with Crippen molar-refractivity contribution in [2.24, 2.45) is 5.92 Å². The summed E-state index contributed by atoms with van der Waals surface area (Å²) in [6.07, 6.45) is -13.9. The van der Waals surface area contributed by atoms with Crippen LogP contribution in [0, 0.1) is 5.92 Å². The highest BCUT2D eigenvalue weighted by atomic mass is 19.4. The molecule has 0 aromatic heterocycles. The van der Waals surface area contributed by atoms with Crippen LogP contribution in [-0.2, 0) is 9.53 Å². The van der Waals surface area contributed by atoms with Crippen molar-refractivity contribution in [2.75, 3.05) is 0 Å². The average molecular weight is 334 g/mol. The molecule has 0 aromatic rings. The minimum atomic E-state index is -5.93. The van der Waals surface area contributed by atoms with E-state index in [1.807, 2.05) is 0 Å². The molecule has 0 amide bonds. The first-order chi connectivity index (χ1) is 9.82. The van der Waals surface area contributed by atoms with E-state index in [9.17, 15) is 36.2 Å². The summed E-state index contributed by atoms with van der Waals surface area (Å²) in [6, 6.07) is 0. The molecule has 1 aliphatic carbocycles. The standard InChI is InChI=1S/C13H16F6O3/c1-7(2)10(20)22-9-6-4-3-5-8(9)11(21,12(14,15)16)13(17,18)19/h8-9,21H,1,3-6H2,2H3/t8-,9?/m0/s1. The lowest BCUT2D eigenvalue weighted by atomic mass is 9.74. The van der Waals surface area contributed by atoms with Crippen LogP contribution in [0.4, 0.5) is 26.3 Å². The molecule has 1 rings (SSSR count). The summed E-state index contributed by atoms with van der Waals surface area (Å²) in [5, 5.41) is 9.47. The van der Waals surface area contributed by atoms with Crippen LogP contribution in [0.15, 0.2) is 12.2 Å². The summed E-state index contributed by atoms with van der Waals surface area (Å²) in [5.74, 6) is -3.38. The highest BCUT2D eigenvalue weighted by Crippen LogP contribution is 2.52. The second-order valence-electron chi connectivity index (χ2n) is 5.38. The number of rotatable bonds is 3. The van der Waals surface area contributed by atoms with Gasteiger partial charge in [0.2, 0.25) is 0 Å². The third-order valence-electron chi connectivity index (χ3n) is 3.71. The van der Waals surface area contributed by atoms with E-state index < -0.39 is 42.4 Å². The van der Waals surface area contributed by atoms with Crippen molar-refractivity contribution in [3.8, 4) is 0 Å². The molecule has 1 unspecified atom stereocenters. The topological polar surface area (TPSA) is 46.5 Å². The highest BCUT2D eigenvalue weighted by Gasteiger charge is 2.75. The molecule has 2 atom stereocenters. The molecule has 9 heteroatoms. The first kappa shape index (κ1) is 18.8. The predicted octanol–water partition coefficient (Wildman–Crippen LogP) is 3.52. The van der Waals surface area contributed by atoms with Crippen molar-refractivity contribution in [3.05, 3.63) is 12.2 Å². The monoisotopic (exact) mass is 334 g/mol. The number of alkyl halides is 6. The summed E-state index contributed by atoms with van der Waals surface area (Å²) < 4.78 is 82.3. The number of carbonyl (C=O) groups is 1. The molecule has 0 saturated heterocycles. The lowest BCUT2D eigenvalue weighted by molar-refractivity contribution is -0.393. The Balaban J connectivity index is 3.20. The van der Waals surface area contributed by atoms with Gasteiger partial charge in [-0.05, 0) is 26.2 Å². The van der Waals surface area contributed by atoms with Crippen molar-refractivity contribution in [1.29, 1.82) is 0 Å². The highest BCUT2D eigenvalue weighted by molar-refractivity contribution is 5.87. The second-order valence-corrected chi connectivity index (χ2v) is 5.38. The Bertz CT molecular complexity index is 426. The Morgan fingerprint density at radius 1 is 1.09 bits per heavy atom. The fourth-order valence-electron chi connectivity index (χ4n) is 2.54. The maximum absolute atomic E-state index is 12.9. The molecule has 1 saturated carbocycles. The Labute approximate surface area is 122 Å². The average Bonchev–Trinajstić information content (AvgIpc) is 2.35. The lowest BCUT2D eigenvalue weighted by Gasteiger charge is -2.43. The Hall–Kier alpha value is -1.25. The van der Waals surface area contributed by atoms with Gasteiger partial charge in [-0.3, -0.25) is 0 Å². The van der Waals surface area contributed by atoms with Crippen molar-refractivity contribution >= 4 is 5.97 Å². The molecule has 3 nitrogen and oxygen atoms in total. The van der Waals surface area contributed by atoms with Crippen LogP contribution in [0.5, 0.6) is 0 Å². The molecule has 1 fully saturated rings. The van der Waals surface area contributed by atoms with Crippen LogP contribution in [-0.4, -0.2) is 35.1 Å². The summed E-state index contributed by atoms with van der Waals surface area (Å²) in [4.78, 5) is 11.4. The minimum Gasteiger partial charge on any atom is -0.459 e. The molecule has 0 spiro atoms. The molecule has 1 N–H and O–H groups in total. The Kier molecular flexibility index (Phi) is 5.21. The largest absolute Gasteiger partial charge is 0.459 e. The van der Waals surface area contributed by atoms with Crippen LogP contribution in [0.1, 0.15) is 32.6 Å². The molecule has 0 aliphatic heterocycles. The number of ether oxygens (including phenoxy) is 1. The number of hydrogen-bond acceptors (Lipinski definition) is 3. The van der Waals surface area contributed by atoms with E-state index in [1.165, 1.54) is 6.92 Å². The lowest BCUT2D eigenvalue weighted by Crippen LogP contribution is -2.65. The zero-order valence-corrected chi connectivity index (χ0v) is 11.7. The minimum absolute atomic E-state index is 0.0697. The normalized spacial score (nSPS) is 24.0. The van der Waals surface area contributed by atoms with Gasteiger partial charge in [0.1, 0.15) is 6.10 Å². The summed E-state index contributed by atoms with van der Waals surface area (Å²) in [7, 11) is 0. The molecule has 22 heavy (non-hydrogen) atoms. The zero-order valence-electron chi connectivity index (χ0n) is 11.7. The van der Waals surface area contributed by atoms with E-state index >= 15 is 0 Å². The maximum atomic E-state index is 12.9. The summed E-state index contributed by atoms with van der Waals surface area (Å²) in [6.45, 7) is 4.45. The van der Waals surface area contributed by atoms with Crippen molar-refractivity contribution in [1.82, 2.24) is 0 Å². The van der Waals surface area contributed by atoms with Gasteiger partial charge in [0.15, 0.2) is 0 Å². The van der Waals surface area contributed by atoms with E-state index in [0.717, 1.165) is 0 Å². The van der Waals surface area contributed by atoms with Crippen molar-refractivity contribution in [3.63, 3.8) is 0 Å². The molecule has 128 valence electrons. The van der Waals surface area contributed by atoms with Gasteiger partial charge in [-0.15, -0.1) is 0 Å². The summed E-state index contributed by atoms with van der Waals surface area (Å²) >= 11 is 0. The third-order valence-corrected chi connectivity index (χ3v) is 3.71. The molecular weight excluding hydrogens is 318 g/mol. The SMILES string of the molecule is C=C(C)C(=O)OC1CCCC[C@@H]1C(O)(C(F)(F)F)C(F)(F)F. The predicted molar refractivity (Wildman–Crippen MR) is 63.7 cm³/mol. The second kappa shape index (κ2) is 6.10. The van der Waals surface area contributed by atoms with Gasteiger partial charge in [-0.1, -0.05) is 13.0 Å². The van der Waals surface area contributed by atoms with E-state index in [1.54, 1.807) is 0 Å². The summed E-state index contributed by atoms with van der Waals surface area (Å²) in [5.41, 5.74) is -5.06. The molecule has 0 aromatic carbocycles. The van der Waals surface area contributed by atoms with E-state index in [-0.39, 0.29) is 18.4 Å². The number of halogens is 6. The molecular formula is C13H16F6O3. The van der Waals surface area contributed by atoms with Gasteiger partial charge in [0.25, 0.3) is 5.60 Å². The number of esters is 1. The van der Waals surface area contributed by atoms with Crippen LogP contribution >= 0.6 is 0 Å². The van der Waals surface area contributed by atoms with Gasteiger partial charge in [-0.25, -0.2) is 4.79 Å². The molecule has 0 radical (unpaired) electrons. The fraction of sp³-hybridized carbons (Fsp3) is 0.769. The van der Waals surface area contributed by atoms with Crippen LogP contribution < -0.4 is 0 Å². The van der Waals surface area contributed by atoms with Gasteiger partial charge in [0, 0.05) is 11.5 Å². The van der Waals surface area contributed by atoms with Gasteiger partial charge in [0.05, 0.1) is 0 Å². The van der Waals surface area contributed by atoms with Crippen LogP contribution in [0.25, 0.3) is 0 Å². The van der Waals surface area contributed by atoms with Gasteiger partial charge < -0.3 is 9.84 Å². The smallest absolute Gasteiger partial charge is 0.426 e. The van der Waals surface area contributed by atoms with Crippen LogP contribution in [0.2, 0.25) is 0 Å². The van der Waals surface area contributed by atoms with Crippen molar-refractivity contribution in [2.45, 2.75) is 56.7 Å². The van der Waals surface area contributed by atoms with Gasteiger partial charge in [-0.2, -0.15) is 26.3 Å². The van der Waals surface area contributed by atoms with E-state index in [4.69, 9.17) is 4.74 Å². The van der Waals surface area contributed by atoms with E-state index in [2.05, 4.69) is 6.58 Å². The van der Waals surface area contributed by atoms with Crippen molar-refractivity contribution < 1.29 is 41.0 Å². The third kappa shape index (κ3) is 3.39. The van der Waals surface area contributed by atoms with Crippen LogP contribution in [0.3, 0.4) is 0 Å².